The molecule has 2 aromatic rings. The predicted octanol–water partition coefficient (Wildman–Crippen LogP) is 2.81. The Kier molecular flexibility index (Phi) is 4.12. The minimum atomic E-state index is 0.131. The van der Waals surface area contributed by atoms with E-state index in [1.165, 1.54) is 11.3 Å². The number of halogens is 2. The molecule has 1 aliphatic heterocycles. The van der Waals surface area contributed by atoms with Crippen LogP contribution in [0.5, 0.6) is 0 Å². The van der Waals surface area contributed by atoms with Crippen LogP contribution in [0.4, 0.5) is 11.6 Å². The van der Waals surface area contributed by atoms with E-state index in [1.807, 2.05) is 0 Å². The lowest BCUT2D eigenvalue weighted by Crippen LogP contribution is -2.47. The van der Waals surface area contributed by atoms with Crippen molar-refractivity contribution in [2.75, 3.05) is 36.0 Å². The van der Waals surface area contributed by atoms with Gasteiger partial charge in [0, 0.05) is 31.9 Å². The summed E-state index contributed by atoms with van der Waals surface area (Å²) >= 11 is 11.7. The summed E-state index contributed by atoms with van der Waals surface area (Å²) in [6, 6.07) is 8.53. The third-order valence-electron chi connectivity index (χ3n) is 3.50. The highest BCUT2D eigenvalue weighted by molar-refractivity contribution is 6.31. The fraction of sp³-hybridized carbons (Fsp3) is 0.357. The number of rotatable bonds is 2. The van der Waals surface area contributed by atoms with E-state index in [0.717, 1.165) is 26.2 Å². The van der Waals surface area contributed by atoms with E-state index >= 15 is 0 Å². The predicted molar refractivity (Wildman–Crippen MR) is 85.5 cm³/mol. The van der Waals surface area contributed by atoms with Gasteiger partial charge in [0.15, 0.2) is 0 Å². The molecule has 1 aliphatic rings. The summed E-state index contributed by atoms with van der Waals surface area (Å²) < 4.78 is 0. The first-order valence-corrected chi connectivity index (χ1v) is 7.51. The second-order valence-corrected chi connectivity index (χ2v) is 5.66. The number of anilines is 2. The molecule has 7 heteroatoms. The van der Waals surface area contributed by atoms with Crippen LogP contribution in [0.3, 0.4) is 0 Å². The van der Waals surface area contributed by atoms with Crippen LogP contribution in [0.1, 0.15) is 5.56 Å². The van der Waals surface area contributed by atoms with Crippen LogP contribution in [0.2, 0.25) is 10.6 Å². The Labute approximate surface area is 133 Å². The number of nitrogens with zero attached hydrogens (tertiary/aromatic N) is 5. The monoisotopic (exact) mass is 323 g/mol. The van der Waals surface area contributed by atoms with Gasteiger partial charge >= 0.3 is 0 Å². The van der Waals surface area contributed by atoms with E-state index < -0.39 is 0 Å². The number of hydrogen-bond acceptors (Lipinski definition) is 5. The first kappa shape index (κ1) is 14.4. The fourth-order valence-corrected chi connectivity index (χ4v) is 2.80. The van der Waals surface area contributed by atoms with Gasteiger partial charge in [0.05, 0.1) is 0 Å². The summed E-state index contributed by atoms with van der Waals surface area (Å²) in [5, 5.41) is 0.261. The second-order valence-electron chi connectivity index (χ2n) is 4.99. The molecule has 0 N–H and O–H groups in total. The van der Waals surface area contributed by atoms with Gasteiger partial charge in [-0.15, -0.1) is 0 Å². The molecule has 0 radical (unpaired) electrons. The highest BCUT2D eigenvalue weighted by Crippen LogP contribution is 2.20. The van der Waals surface area contributed by atoms with Crippen molar-refractivity contribution in [3.8, 4) is 0 Å². The Morgan fingerprint density at radius 3 is 2.14 bits per heavy atom. The first-order valence-electron chi connectivity index (χ1n) is 6.75. The summed E-state index contributed by atoms with van der Waals surface area (Å²) in [4.78, 5) is 16.5. The standard InChI is InChI=1S/C14H15Cl2N5/c1-10-3-2-4-11(9-10)20-5-7-21(8-6-20)14-18-12(15)17-13(16)19-14/h2-4,9H,5-8H2,1H3. The quantitative estimate of drug-likeness (QED) is 0.850. The first-order chi connectivity index (χ1) is 10.1. The van der Waals surface area contributed by atoms with E-state index in [0.29, 0.717) is 5.95 Å². The van der Waals surface area contributed by atoms with Gasteiger partial charge in [0.2, 0.25) is 16.5 Å². The molecule has 1 aromatic carbocycles. The maximum absolute atomic E-state index is 5.83. The van der Waals surface area contributed by atoms with Gasteiger partial charge in [0.1, 0.15) is 0 Å². The van der Waals surface area contributed by atoms with E-state index in [4.69, 9.17) is 23.2 Å². The smallest absolute Gasteiger partial charge is 0.231 e. The Hall–Kier alpha value is -1.59. The van der Waals surface area contributed by atoms with Crippen molar-refractivity contribution in [2.45, 2.75) is 6.92 Å². The molecule has 0 atom stereocenters. The Balaban J connectivity index is 1.70. The molecular weight excluding hydrogens is 309 g/mol. The molecule has 0 amide bonds. The highest BCUT2D eigenvalue weighted by Gasteiger charge is 2.20. The minimum absolute atomic E-state index is 0.131. The maximum Gasteiger partial charge on any atom is 0.231 e. The third kappa shape index (κ3) is 3.36. The van der Waals surface area contributed by atoms with Gasteiger partial charge in [0.25, 0.3) is 0 Å². The van der Waals surface area contributed by atoms with Crippen molar-refractivity contribution in [3.63, 3.8) is 0 Å². The van der Waals surface area contributed by atoms with Gasteiger partial charge in [-0.3, -0.25) is 0 Å². The van der Waals surface area contributed by atoms with E-state index in [-0.39, 0.29) is 10.6 Å². The number of benzene rings is 1. The van der Waals surface area contributed by atoms with Crippen molar-refractivity contribution >= 4 is 34.8 Å². The van der Waals surface area contributed by atoms with Gasteiger partial charge in [-0.25, -0.2) is 0 Å². The van der Waals surface area contributed by atoms with E-state index in [9.17, 15) is 0 Å². The molecule has 0 unspecified atom stereocenters. The lowest BCUT2D eigenvalue weighted by Gasteiger charge is -2.36. The molecule has 0 spiro atoms. The summed E-state index contributed by atoms with van der Waals surface area (Å²) in [6.07, 6.45) is 0. The number of hydrogen-bond donors (Lipinski definition) is 0. The second kappa shape index (κ2) is 6.03. The van der Waals surface area contributed by atoms with Crippen LogP contribution in [0.25, 0.3) is 0 Å². The Morgan fingerprint density at radius 2 is 1.52 bits per heavy atom. The molecule has 5 nitrogen and oxygen atoms in total. The van der Waals surface area contributed by atoms with Gasteiger partial charge in [-0.2, -0.15) is 15.0 Å². The topological polar surface area (TPSA) is 45.2 Å². The fourth-order valence-electron chi connectivity index (χ4n) is 2.45. The van der Waals surface area contributed by atoms with Gasteiger partial charge < -0.3 is 9.80 Å². The number of aromatic nitrogens is 3. The minimum Gasteiger partial charge on any atom is -0.368 e. The number of piperazine rings is 1. The average molecular weight is 324 g/mol. The van der Waals surface area contributed by atoms with Gasteiger partial charge in [-0.1, -0.05) is 12.1 Å². The molecule has 0 saturated carbocycles. The zero-order valence-corrected chi connectivity index (χ0v) is 13.1. The van der Waals surface area contributed by atoms with Crippen molar-refractivity contribution in [3.05, 3.63) is 40.4 Å². The SMILES string of the molecule is Cc1cccc(N2CCN(c3nc(Cl)nc(Cl)n3)CC2)c1. The molecule has 1 aromatic heterocycles. The van der Waals surface area contributed by atoms with Crippen molar-refractivity contribution in [1.29, 1.82) is 0 Å². The molecular formula is C14H15Cl2N5. The van der Waals surface area contributed by atoms with E-state index in [1.54, 1.807) is 0 Å². The van der Waals surface area contributed by atoms with Crippen molar-refractivity contribution < 1.29 is 0 Å². The van der Waals surface area contributed by atoms with Crippen LogP contribution in [-0.4, -0.2) is 41.1 Å². The lowest BCUT2D eigenvalue weighted by molar-refractivity contribution is 0.638. The zero-order chi connectivity index (χ0) is 14.8. The van der Waals surface area contributed by atoms with Crippen LogP contribution in [-0.2, 0) is 0 Å². The van der Waals surface area contributed by atoms with Crippen molar-refractivity contribution in [1.82, 2.24) is 15.0 Å². The van der Waals surface area contributed by atoms with E-state index in [2.05, 4.69) is 55.9 Å². The molecule has 3 rings (SSSR count). The average Bonchev–Trinajstić information content (AvgIpc) is 2.46. The molecule has 2 heterocycles. The molecule has 1 fully saturated rings. The Bertz CT molecular complexity index is 621. The van der Waals surface area contributed by atoms with Gasteiger partial charge in [-0.05, 0) is 47.8 Å². The number of aryl methyl sites for hydroxylation is 1. The van der Waals surface area contributed by atoms with Crippen LogP contribution >= 0.6 is 23.2 Å². The normalized spacial score (nSPS) is 15.4. The largest absolute Gasteiger partial charge is 0.368 e. The Morgan fingerprint density at radius 1 is 0.905 bits per heavy atom. The molecule has 0 aliphatic carbocycles. The zero-order valence-electron chi connectivity index (χ0n) is 11.6. The maximum atomic E-state index is 5.83. The van der Waals surface area contributed by atoms with Crippen LogP contribution in [0, 0.1) is 6.92 Å². The lowest BCUT2D eigenvalue weighted by atomic mass is 10.2. The van der Waals surface area contributed by atoms with Crippen LogP contribution < -0.4 is 9.80 Å². The third-order valence-corrected chi connectivity index (χ3v) is 3.84. The van der Waals surface area contributed by atoms with Crippen LogP contribution in [0.15, 0.2) is 24.3 Å². The summed E-state index contributed by atoms with van der Waals surface area (Å²) in [6.45, 7) is 5.57. The molecule has 1 saturated heterocycles. The highest BCUT2D eigenvalue weighted by atomic mass is 35.5. The van der Waals surface area contributed by atoms with Crippen molar-refractivity contribution in [2.24, 2.45) is 0 Å². The molecule has 0 bridgehead atoms. The summed E-state index contributed by atoms with van der Waals surface area (Å²) in [7, 11) is 0. The molecule has 110 valence electrons. The summed E-state index contributed by atoms with van der Waals surface area (Å²) in [5.41, 5.74) is 2.52. The molecule has 21 heavy (non-hydrogen) atoms. The summed E-state index contributed by atoms with van der Waals surface area (Å²) in [5.74, 6) is 0.545.